The maximum absolute atomic E-state index is 12.7. The largest absolute Gasteiger partial charge is 0.342 e. The van der Waals surface area contributed by atoms with E-state index in [0.29, 0.717) is 18.5 Å². The molecule has 2 aliphatic heterocycles. The van der Waals surface area contributed by atoms with Crippen molar-refractivity contribution in [2.45, 2.75) is 51.0 Å². The molecule has 1 fully saturated rings. The molecule has 0 atom stereocenters. The van der Waals surface area contributed by atoms with Gasteiger partial charge in [0.2, 0.25) is 11.9 Å². The molecule has 2 aromatic heterocycles. The fraction of sp³-hybridized carbons (Fsp3) is 0.435. The first-order valence-electron chi connectivity index (χ1n) is 11.2. The number of anilines is 4. The Bertz CT molecular complexity index is 1190. The highest BCUT2D eigenvalue weighted by Crippen LogP contribution is 2.38. The highest BCUT2D eigenvalue weighted by Gasteiger charge is 2.37. The van der Waals surface area contributed by atoms with E-state index in [4.69, 9.17) is 4.98 Å². The number of carbonyl (C=O) groups is 1. The quantitative estimate of drug-likeness (QED) is 0.604. The van der Waals surface area contributed by atoms with Gasteiger partial charge in [-0.1, -0.05) is 25.2 Å². The molecule has 2 aliphatic rings. The van der Waals surface area contributed by atoms with Crippen LogP contribution in [0.15, 0.2) is 30.9 Å². The maximum Gasteiger partial charge on any atom is 0.246 e. The summed E-state index contributed by atoms with van der Waals surface area (Å²) in [4.78, 5) is 34.5. The zero-order valence-corrected chi connectivity index (χ0v) is 20.1. The van der Waals surface area contributed by atoms with Crippen molar-refractivity contribution in [3.05, 3.63) is 36.4 Å². The molecule has 1 aromatic carbocycles. The standard InChI is InChI=1S/C23H29N7OSi/c1-15-9-19-16(11-24-14-26-19)10-18(15)27-23-25-12-20-22(28-23)30(13-21(31)29(20)2)17-5-7-32(3,4)8-6-17/h9-12,14,17H,5-8,13H2,1-4H3,(H,25,27,28). The number of carbonyl (C=O) groups excluding carboxylic acids is 1. The minimum Gasteiger partial charge on any atom is -0.342 e. The molecule has 1 N–H and O–H groups in total. The van der Waals surface area contributed by atoms with Gasteiger partial charge in [0.05, 0.1) is 18.3 Å². The van der Waals surface area contributed by atoms with Gasteiger partial charge in [0, 0.05) is 38.4 Å². The summed E-state index contributed by atoms with van der Waals surface area (Å²) in [6, 6.07) is 7.00. The van der Waals surface area contributed by atoms with E-state index in [1.54, 1.807) is 30.7 Å². The zero-order valence-electron chi connectivity index (χ0n) is 19.1. The second-order valence-electron chi connectivity index (χ2n) is 9.75. The summed E-state index contributed by atoms with van der Waals surface area (Å²) in [5, 5.41) is 4.33. The van der Waals surface area contributed by atoms with Crippen LogP contribution >= 0.6 is 0 Å². The molecule has 1 saturated heterocycles. The van der Waals surface area contributed by atoms with Gasteiger partial charge < -0.3 is 15.1 Å². The molecule has 166 valence electrons. The topological polar surface area (TPSA) is 87.1 Å². The number of likely N-dealkylation sites (N-methyl/N-ethyl adjacent to an activating group) is 1. The lowest BCUT2D eigenvalue weighted by molar-refractivity contribution is -0.117. The molecule has 0 unspecified atom stereocenters. The number of rotatable bonds is 3. The van der Waals surface area contributed by atoms with Crippen molar-refractivity contribution in [3.63, 3.8) is 0 Å². The highest BCUT2D eigenvalue weighted by atomic mass is 28.3. The lowest BCUT2D eigenvalue weighted by Crippen LogP contribution is -2.51. The Kier molecular flexibility index (Phi) is 5.08. The number of hydrogen-bond donors (Lipinski definition) is 1. The number of amides is 1. The van der Waals surface area contributed by atoms with Gasteiger partial charge in [-0.05, 0) is 37.5 Å². The minimum absolute atomic E-state index is 0.0919. The molecule has 9 heteroatoms. The molecule has 32 heavy (non-hydrogen) atoms. The van der Waals surface area contributed by atoms with E-state index in [0.717, 1.165) is 46.5 Å². The number of nitrogens with zero attached hydrogens (tertiary/aromatic N) is 6. The summed E-state index contributed by atoms with van der Waals surface area (Å²) in [5.74, 6) is 1.47. The fourth-order valence-corrected chi connectivity index (χ4v) is 7.20. The Morgan fingerprint density at radius 3 is 2.69 bits per heavy atom. The molecule has 0 bridgehead atoms. The number of benzene rings is 1. The molecule has 3 aromatic rings. The number of nitrogens with one attached hydrogen (secondary N) is 1. The molecule has 1 amide bonds. The van der Waals surface area contributed by atoms with Gasteiger partial charge >= 0.3 is 0 Å². The van der Waals surface area contributed by atoms with Crippen LogP contribution in [0.2, 0.25) is 25.2 Å². The second kappa shape index (κ2) is 7.81. The van der Waals surface area contributed by atoms with Crippen LogP contribution < -0.4 is 15.1 Å². The summed E-state index contributed by atoms with van der Waals surface area (Å²) in [6.45, 7) is 7.34. The SMILES string of the molecule is Cc1cc2ncncc2cc1Nc1ncc2c(n1)N(C1CC[Si](C)(C)CC1)CC(=O)N2C. The molecule has 0 radical (unpaired) electrons. The molecule has 4 heterocycles. The third-order valence-corrected chi connectivity index (χ3v) is 10.2. The van der Waals surface area contributed by atoms with Gasteiger partial charge in [-0.15, -0.1) is 0 Å². The van der Waals surface area contributed by atoms with Crippen molar-refractivity contribution in [2.75, 3.05) is 28.7 Å². The Balaban J connectivity index is 1.48. The van der Waals surface area contributed by atoms with Crippen molar-refractivity contribution in [2.24, 2.45) is 0 Å². The van der Waals surface area contributed by atoms with Gasteiger partial charge in [0.15, 0.2) is 5.82 Å². The average Bonchev–Trinajstić information content (AvgIpc) is 2.77. The first kappa shape index (κ1) is 20.8. The average molecular weight is 448 g/mol. The first-order chi connectivity index (χ1) is 15.3. The summed E-state index contributed by atoms with van der Waals surface area (Å²) in [7, 11) is 0.719. The summed E-state index contributed by atoms with van der Waals surface area (Å²) >= 11 is 0. The van der Waals surface area contributed by atoms with E-state index in [2.05, 4.69) is 38.3 Å². The van der Waals surface area contributed by atoms with Gasteiger partial charge in [0.25, 0.3) is 0 Å². The van der Waals surface area contributed by atoms with E-state index in [1.807, 2.05) is 19.1 Å². The Morgan fingerprint density at radius 1 is 1.12 bits per heavy atom. The summed E-state index contributed by atoms with van der Waals surface area (Å²) in [6.07, 6.45) is 7.38. The van der Waals surface area contributed by atoms with Gasteiger partial charge in [-0.3, -0.25) is 4.79 Å². The lowest BCUT2D eigenvalue weighted by Gasteiger charge is -2.43. The van der Waals surface area contributed by atoms with Crippen LogP contribution in [-0.4, -0.2) is 53.6 Å². The van der Waals surface area contributed by atoms with Crippen molar-refractivity contribution in [1.82, 2.24) is 19.9 Å². The highest BCUT2D eigenvalue weighted by molar-refractivity contribution is 6.77. The van der Waals surface area contributed by atoms with Crippen LogP contribution in [0.4, 0.5) is 23.1 Å². The van der Waals surface area contributed by atoms with Crippen molar-refractivity contribution in [3.8, 4) is 0 Å². The molecule has 0 spiro atoms. The number of hydrogen-bond acceptors (Lipinski definition) is 7. The number of aromatic nitrogens is 4. The smallest absolute Gasteiger partial charge is 0.246 e. The molecule has 0 saturated carbocycles. The van der Waals surface area contributed by atoms with Crippen molar-refractivity contribution >= 4 is 48.0 Å². The minimum atomic E-state index is -1.09. The Morgan fingerprint density at radius 2 is 1.91 bits per heavy atom. The van der Waals surface area contributed by atoms with E-state index >= 15 is 0 Å². The third-order valence-electron chi connectivity index (χ3n) is 6.91. The summed E-state index contributed by atoms with van der Waals surface area (Å²) in [5.41, 5.74) is 3.66. The molecule has 8 nitrogen and oxygen atoms in total. The summed E-state index contributed by atoms with van der Waals surface area (Å²) < 4.78 is 0. The Labute approximate surface area is 189 Å². The van der Waals surface area contributed by atoms with Crippen LogP contribution in [0.5, 0.6) is 0 Å². The van der Waals surface area contributed by atoms with E-state index in [1.165, 1.54) is 12.1 Å². The van der Waals surface area contributed by atoms with Gasteiger partial charge in [0.1, 0.15) is 12.0 Å². The van der Waals surface area contributed by atoms with Gasteiger partial charge in [-0.25, -0.2) is 15.0 Å². The van der Waals surface area contributed by atoms with Gasteiger partial charge in [-0.2, -0.15) is 4.98 Å². The fourth-order valence-electron chi connectivity index (χ4n) is 4.72. The first-order valence-corrected chi connectivity index (χ1v) is 14.6. The van der Waals surface area contributed by atoms with Crippen LogP contribution in [0.25, 0.3) is 10.9 Å². The van der Waals surface area contributed by atoms with E-state index in [-0.39, 0.29) is 5.91 Å². The lowest BCUT2D eigenvalue weighted by atomic mass is 10.1. The predicted octanol–water partition coefficient (Wildman–Crippen LogP) is 4.13. The molecule has 0 aliphatic carbocycles. The predicted molar refractivity (Wildman–Crippen MR) is 130 cm³/mol. The van der Waals surface area contributed by atoms with Crippen LogP contribution in [0.3, 0.4) is 0 Å². The molecular weight excluding hydrogens is 418 g/mol. The van der Waals surface area contributed by atoms with Crippen LogP contribution in [0.1, 0.15) is 18.4 Å². The number of fused-ring (bicyclic) bond motifs is 2. The van der Waals surface area contributed by atoms with E-state index < -0.39 is 8.07 Å². The zero-order chi connectivity index (χ0) is 22.5. The molecule has 5 rings (SSSR count). The molecular formula is C23H29N7OSi. The van der Waals surface area contributed by atoms with Crippen LogP contribution in [0, 0.1) is 6.92 Å². The third kappa shape index (κ3) is 3.81. The van der Waals surface area contributed by atoms with Crippen molar-refractivity contribution < 1.29 is 4.79 Å². The second-order valence-corrected chi connectivity index (χ2v) is 15.1. The monoisotopic (exact) mass is 447 g/mol. The number of aryl methyl sites for hydroxylation is 1. The maximum atomic E-state index is 12.7. The van der Waals surface area contributed by atoms with Crippen LogP contribution in [-0.2, 0) is 4.79 Å². The van der Waals surface area contributed by atoms with E-state index in [9.17, 15) is 4.79 Å². The van der Waals surface area contributed by atoms with Crippen molar-refractivity contribution in [1.29, 1.82) is 0 Å². The normalized spacial score (nSPS) is 18.7. The Hall–Kier alpha value is -3.07.